The fraction of sp³-hybridized carbons (Fsp3) is 0.125. The molecule has 0 saturated heterocycles. The van der Waals surface area contributed by atoms with Gasteiger partial charge in [0.1, 0.15) is 11.6 Å². The van der Waals surface area contributed by atoms with Crippen LogP contribution in [0.1, 0.15) is 22.7 Å². The van der Waals surface area contributed by atoms with Crippen LogP contribution in [0.5, 0.6) is 5.75 Å². The monoisotopic (exact) mass is 423 g/mol. The summed E-state index contributed by atoms with van der Waals surface area (Å²) in [5.41, 5.74) is 2.73. The van der Waals surface area contributed by atoms with Gasteiger partial charge in [-0.15, -0.1) is 0 Å². The van der Waals surface area contributed by atoms with Gasteiger partial charge in [-0.3, -0.25) is 4.79 Å². The van der Waals surface area contributed by atoms with Gasteiger partial charge in [-0.1, -0.05) is 48.0 Å². The number of carbonyl (C=O) groups excluding carboxylic acids is 1. The van der Waals surface area contributed by atoms with Crippen molar-refractivity contribution in [3.8, 4) is 5.75 Å². The number of benzene rings is 3. The minimum Gasteiger partial charge on any atom is -0.503 e. The molecular formula is C24H19ClFNO3. The highest BCUT2D eigenvalue weighted by Gasteiger charge is 2.41. The van der Waals surface area contributed by atoms with E-state index in [1.54, 1.807) is 60.5 Å². The normalized spacial score (nSPS) is 16.3. The fourth-order valence-corrected chi connectivity index (χ4v) is 3.79. The first kappa shape index (κ1) is 20.0. The predicted octanol–water partition coefficient (Wildman–Crippen LogP) is 5.54. The second kappa shape index (κ2) is 8.20. The van der Waals surface area contributed by atoms with E-state index in [0.717, 1.165) is 5.56 Å². The highest BCUT2D eigenvalue weighted by atomic mass is 35.5. The summed E-state index contributed by atoms with van der Waals surface area (Å²) < 4.78 is 18.7. The van der Waals surface area contributed by atoms with Crippen LogP contribution in [0.15, 0.2) is 78.6 Å². The number of carbonyl (C=O) groups is 1. The van der Waals surface area contributed by atoms with Gasteiger partial charge in [0.2, 0.25) is 0 Å². The second-order valence-corrected chi connectivity index (χ2v) is 7.44. The van der Waals surface area contributed by atoms with Crippen LogP contribution in [0.2, 0.25) is 5.02 Å². The number of aliphatic hydroxyl groups is 1. The molecule has 0 aromatic heterocycles. The van der Waals surface area contributed by atoms with Crippen LogP contribution in [0.25, 0.3) is 5.57 Å². The van der Waals surface area contributed by atoms with Gasteiger partial charge in [-0.2, -0.15) is 0 Å². The van der Waals surface area contributed by atoms with Crippen LogP contribution >= 0.6 is 11.6 Å². The van der Waals surface area contributed by atoms with Crippen molar-refractivity contribution < 1.29 is 19.0 Å². The minimum atomic E-state index is -0.567. The smallest absolute Gasteiger partial charge is 0.290 e. The summed E-state index contributed by atoms with van der Waals surface area (Å²) in [6, 6.07) is 19.7. The summed E-state index contributed by atoms with van der Waals surface area (Å²) in [6.45, 7) is 0.266. The largest absolute Gasteiger partial charge is 0.503 e. The number of amides is 1. The van der Waals surface area contributed by atoms with E-state index in [1.807, 2.05) is 12.1 Å². The number of rotatable bonds is 5. The Morgan fingerprint density at radius 1 is 1.00 bits per heavy atom. The molecule has 1 amide bonds. The summed E-state index contributed by atoms with van der Waals surface area (Å²) >= 11 is 5.97. The van der Waals surface area contributed by atoms with Crippen LogP contribution in [-0.2, 0) is 11.3 Å². The van der Waals surface area contributed by atoms with Crippen LogP contribution in [0.3, 0.4) is 0 Å². The summed E-state index contributed by atoms with van der Waals surface area (Å²) in [7, 11) is 1.57. The third-order valence-corrected chi connectivity index (χ3v) is 5.41. The third-order valence-electron chi connectivity index (χ3n) is 5.16. The minimum absolute atomic E-state index is 0.266. The van der Waals surface area contributed by atoms with Crippen molar-refractivity contribution in [2.24, 2.45) is 0 Å². The van der Waals surface area contributed by atoms with Gasteiger partial charge in [0, 0.05) is 17.1 Å². The van der Waals surface area contributed by atoms with Crippen LogP contribution in [0, 0.1) is 5.82 Å². The van der Waals surface area contributed by atoms with Gasteiger partial charge in [-0.25, -0.2) is 4.39 Å². The Kier molecular flexibility index (Phi) is 5.46. The zero-order chi connectivity index (χ0) is 21.3. The highest BCUT2D eigenvalue weighted by Crippen LogP contribution is 2.44. The van der Waals surface area contributed by atoms with E-state index >= 15 is 0 Å². The van der Waals surface area contributed by atoms with E-state index in [1.165, 1.54) is 12.1 Å². The van der Waals surface area contributed by atoms with E-state index < -0.39 is 11.9 Å². The molecule has 1 atom stereocenters. The average Bonchev–Trinajstić information content (AvgIpc) is 3.01. The Bertz CT molecular complexity index is 1090. The van der Waals surface area contributed by atoms with Gasteiger partial charge in [0.05, 0.1) is 13.2 Å². The van der Waals surface area contributed by atoms with E-state index in [9.17, 15) is 14.3 Å². The van der Waals surface area contributed by atoms with E-state index in [2.05, 4.69) is 0 Å². The van der Waals surface area contributed by atoms with Crippen molar-refractivity contribution in [3.63, 3.8) is 0 Å². The van der Waals surface area contributed by atoms with Gasteiger partial charge < -0.3 is 14.7 Å². The van der Waals surface area contributed by atoms with Gasteiger partial charge in [0.25, 0.3) is 5.91 Å². The summed E-state index contributed by atoms with van der Waals surface area (Å²) in [5, 5.41) is 11.4. The molecule has 30 heavy (non-hydrogen) atoms. The lowest BCUT2D eigenvalue weighted by Gasteiger charge is -2.27. The third kappa shape index (κ3) is 3.76. The molecule has 0 radical (unpaired) electrons. The lowest BCUT2D eigenvalue weighted by molar-refractivity contribution is -0.130. The summed E-state index contributed by atoms with van der Waals surface area (Å²) in [6.07, 6.45) is 0. The molecule has 0 saturated carbocycles. The Morgan fingerprint density at radius 2 is 1.63 bits per heavy atom. The first-order valence-corrected chi connectivity index (χ1v) is 9.74. The van der Waals surface area contributed by atoms with Gasteiger partial charge in [-0.05, 0) is 53.1 Å². The molecule has 0 bridgehead atoms. The maximum absolute atomic E-state index is 13.5. The van der Waals surface area contributed by atoms with Crippen molar-refractivity contribution in [3.05, 3.63) is 106 Å². The molecule has 3 aromatic rings. The van der Waals surface area contributed by atoms with E-state index in [4.69, 9.17) is 16.3 Å². The number of halogens is 2. The van der Waals surface area contributed by atoms with Crippen LogP contribution in [0.4, 0.5) is 4.39 Å². The Hall–Kier alpha value is -3.31. The summed E-state index contributed by atoms with van der Waals surface area (Å²) in [5.74, 6) is -0.500. The molecule has 152 valence electrons. The number of hydrogen-bond acceptors (Lipinski definition) is 3. The van der Waals surface area contributed by atoms with Gasteiger partial charge >= 0.3 is 0 Å². The number of ether oxygens (including phenoxy) is 1. The number of nitrogens with zero attached hydrogens (tertiary/aromatic N) is 1. The first-order chi connectivity index (χ1) is 14.5. The molecule has 0 aliphatic carbocycles. The standard InChI is InChI=1S/C24H19ClFNO3/c1-30-20-12-6-16(7-13-20)21-22(17-4-10-19(26)11-5-17)27(24(29)23(21)28)14-15-2-8-18(25)9-3-15/h2-13,22,28H,14H2,1H3/t22-/m0/s1. The lowest BCUT2D eigenvalue weighted by Crippen LogP contribution is -2.29. The molecule has 1 N–H and O–H groups in total. The lowest BCUT2D eigenvalue weighted by atomic mass is 9.93. The number of methoxy groups -OCH3 is 1. The van der Waals surface area contributed by atoms with Gasteiger partial charge in [0.15, 0.2) is 5.76 Å². The Balaban J connectivity index is 1.79. The van der Waals surface area contributed by atoms with Crippen LogP contribution in [-0.4, -0.2) is 23.0 Å². The highest BCUT2D eigenvalue weighted by molar-refractivity contribution is 6.30. The molecule has 6 heteroatoms. The first-order valence-electron chi connectivity index (χ1n) is 9.36. The topological polar surface area (TPSA) is 49.8 Å². The Morgan fingerprint density at radius 3 is 2.23 bits per heavy atom. The molecule has 4 nitrogen and oxygen atoms in total. The molecule has 0 spiro atoms. The number of aliphatic hydroxyl groups excluding tert-OH is 1. The van der Waals surface area contributed by atoms with Crippen molar-refractivity contribution >= 4 is 23.1 Å². The van der Waals surface area contributed by atoms with Crippen molar-refractivity contribution in [1.82, 2.24) is 4.90 Å². The molecule has 0 fully saturated rings. The van der Waals surface area contributed by atoms with E-state index in [0.29, 0.717) is 27.5 Å². The maximum atomic E-state index is 13.5. The van der Waals surface area contributed by atoms with Crippen molar-refractivity contribution in [2.75, 3.05) is 7.11 Å². The molecule has 4 rings (SSSR count). The summed E-state index contributed by atoms with van der Waals surface area (Å²) in [4.78, 5) is 14.6. The maximum Gasteiger partial charge on any atom is 0.290 e. The van der Waals surface area contributed by atoms with E-state index in [-0.39, 0.29) is 18.1 Å². The molecule has 0 unspecified atom stereocenters. The van der Waals surface area contributed by atoms with Crippen LogP contribution < -0.4 is 4.74 Å². The molecule has 1 heterocycles. The molecule has 3 aromatic carbocycles. The quantitative estimate of drug-likeness (QED) is 0.586. The fourth-order valence-electron chi connectivity index (χ4n) is 3.66. The second-order valence-electron chi connectivity index (χ2n) is 7.00. The van der Waals surface area contributed by atoms with Crippen molar-refractivity contribution in [1.29, 1.82) is 0 Å². The zero-order valence-corrected chi connectivity index (χ0v) is 16.9. The van der Waals surface area contributed by atoms with Crippen molar-refractivity contribution in [2.45, 2.75) is 12.6 Å². The predicted molar refractivity (Wildman–Crippen MR) is 114 cm³/mol. The molecular weight excluding hydrogens is 405 g/mol. The Labute approximate surface area is 178 Å². The average molecular weight is 424 g/mol. The zero-order valence-electron chi connectivity index (χ0n) is 16.2. The molecule has 1 aliphatic heterocycles. The molecule has 1 aliphatic rings. The number of hydrogen-bond donors (Lipinski definition) is 1. The SMILES string of the molecule is COc1ccc(C2=C(O)C(=O)N(Cc3ccc(Cl)cc3)[C@H]2c2ccc(F)cc2)cc1.